The van der Waals surface area contributed by atoms with Crippen LogP contribution in [0, 0.1) is 12.8 Å². The van der Waals surface area contributed by atoms with E-state index >= 15 is 0 Å². The second kappa shape index (κ2) is 10.1. The van der Waals surface area contributed by atoms with E-state index in [1.165, 1.54) is 10.4 Å². The van der Waals surface area contributed by atoms with Gasteiger partial charge >= 0.3 is 0 Å². The highest BCUT2D eigenvalue weighted by atomic mass is 32.2. The van der Waals surface area contributed by atoms with Gasteiger partial charge in [-0.25, -0.2) is 13.4 Å². The third-order valence-electron chi connectivity index (χ3n) is 6.56. The summed E-state index contributed by atoms with van der Waals surface area (Å²) in [6, 6.07) is 8.22. The smallest absolute Gasteiger partial charge is 0.256 e. The lowest BCUT2D eigenvalue weighted by Crippen LogP contribution is -2.41. The first-order chi connectivity index (χ1) is 16.3. The summed E-state index contributed by atoms with van der Waals surface area (Å²) in [5.74, 6) is -0.163. The van der Waals surface area contributed by atoms with Gasteiger partial charge in [0, 0.05) is 31.7 Å². The number of amides is 2. The Labute approximate surface area is 200 Å². The average Bonchev–Trinajstić information content (AvgIpc) is 2.85. The van der Waals surface area contributed by atoms with Crippen LogP contribution in [0.4, 0.5) is 11.5 Å². The molecule has 0 bridgehead atoms. The monoisotopic (exact) mass is 485 g/mol. The Bertz CT molecular complexity index is 1160. The normalized spacial score (nSPS) is 19.6. The number of rotatable bonds is 6. The zero-order chi connectivity index (χ0) is 24.3. The number of carbonyl (C=O) groups excluding carboxylic acids is 2. The summed E-state index contributed by atoms with van der Waals surface area (Å²) in [4.78, 5) is 31.1. The lowest BCUT2D eigenvalue weighted by molar-refractivity contribution is -0.122. The Balaban J connectivity index is 1.47. The highest BCUT2D eigenvalue weighted by Gasteiger charge is 2.27. The number of anilines is 2. The molecule has 1 atom stereocenters. The fraction of sp³-hybridized carbons (Fsp3) is 0.458. The average molecular weight is 486 g/mol. The van der Waals surface area contributed by atoms with Crippen molar-refractivity contribution < 1.29 is 18.0 Å². The van der Waals surface area contributed by atoms with Crippen molar-refractivity contribution in [1.82, 2.24) is 9.29 Å². The van der Waals surface area contributed by atoms with Crippen LogP contribution in [-0.4, -0.2) is 55.7 Å². The summed E-state index contributed by atoms with van der Waals surface area (Å²) >= 11 is 0. The quantitative estimate of drug-likeness (QED) is 0.648. The Morgan fingerprint density at radius 3 is 2.50 bits per heavy atom. The summed E-state index contributed by atoms with van der Waals surface area (Å²) in [5, 5.41) is 2.81. The predicted octanol–water partition coefficient (Wildman–Crippen LogP) is 2.52. The lowest BCUT2D eigenvalue weighted by atomic mass is 9.97. The fourth-order valence-corrected chi connectivity index (χ4v) is 6.07. The molecule has 2 aliphatic heterocycles. The molecule has 1 aromatic carbocycles. The number of aryl methyl sites for hydroxylation is 1. The van der Waals surface area contributed by atoms with Gasteiger partial charge in [-0.1, -0.05) is 12.5 Å². The largest absolute Gasteiger partial charge is 0.369 e. The number of hydrogen-bond donors (Lipinski definition) is 2. The Morgan fingerprint density at radius 2 is 1.82 bits per heavy atom. The van der Waals surface area contributed by atoms with E-state index in [2.05, 4.69) is 10.3 Å². The molecule has 2 aromatic rings. The number of hydrogen-bond acceptors (Lipinski definition) is 6. The standard InChI is InChI=1S/C24H31N5O4S/c1-17-7-9-20(34(32,33)29-12-3-2-4-13-29)14-21(17)24(31)27-19-8-10-22(26-15-19)28-11-5-6-18(16-28)23(25)30/h7-10,14-15,18H,2-6,11-13,16H2,1H3,(H2,25,30)(H,27,31). The minimum absolute atomic E-state index is 0.132. The van der Waals surface area contributed by atoms with Crippen LogP contribution in [-0.2, 0) is 14.8 Å². The predicted molar refractivity (Wildman–Crippen MR) is 130 cm³/mol. The summed E-state index contributed by atoms with van der Waals surface area (Å²) in [5.41, 5.74) is 6.95. The molecule has 1 unspecified atom stereocenters. The molecule has 34 heavy (non-hydrogen) atoms. The number of sulfonamides is 1. The van der Waals surface area contributed by atoms with Crippen LogP contribution in [0.2, 0.25) is 0 Å². The van der Waals surface area contributed by atoms with E-state index in [1.54, 1.807) is 37.4 Å². The molecule has 10 heteroatoms. The molecule has 3 heterocycles. The summed E-state index contributed by atoms with van der Waals surface area (Å²) in [6.45, 7) is 4.12. The zero-order valence-electron chi connectivity index (χ0n) is 19.4. The highest BCUT2D eigenvalue weighted by Crippen LogP contribution is 2.25. The highest BCUT2D eigenvalue weighted by molar-refractivity contribution is 7.89. The first kappa shape index (κ1) is 24.2. The summed E-state index contributed by atoms with van der Waals surface area (Å²) < 4.78 is 27.6. The Hall–Kier alpha value is -2.98. The topological polar surface area (TPSA) is 126 Å². The first-order valence-electron chi connectivity index (χ1n) is 11.7. The number of nitrogens with two attached hydrogens (primary N) is 1. The number of primary amides is 1. The van der Waals surface area contributed by atoms with Crippen molar-refractivity contribution in [3.05, 3.63) is 47.7 Å². The van der Waals surface area contributed by atoms with Crippen LogP contribution in [0.25, 0.3) is 0 Å². The van der Waals surface area contributed by atoms with Crippen LogP contribution in [0.1, 0.15) is 48.0 Å². The van der Waals surface area contributed by atoms with Crippen molar-refractivity contribution in [2.45, 2.75) is 43.9 Å². The van der Waals surface area contributed by atoms with Gasteiger partial charge in [0.1, 0.15) is 5.82 Å². The molecule has 0 saturated carbocycles. The van der Waals surface area contributed by atoms with E-state index in [-0.39, 0.29) is 16.7 Å². The number of pyridine rings is 1. The molecule has 182 valence electrons. The molecule has 2 saturated heterocycles. The van der Waals surface area contributed by atoms with Gasteiger partial charge in [0.2, 0.25) is 15.9 Å². The molecule has 2 aliphatic rings. The van der Waals surface area contributed by atoms with Crippen LogP contribution in [0.15, 0.2) is 41.4 Å². The molecule has 2 amide bonds. The van der Waals surface area contributed by atoms with E-state index in [0.29, 0.717) is 36.4 Å². The third-order valence-corrected chi connectivity index (χ3v) is 8.45. The van der Waals surface area contributed by atoms with Crippen LogP contribution in [0.3, 0.4) is 0 Å². The maximum Gasteiger partial charge on any atom is 0.256 e. The minimum atomic E-state index is -3.63. The van der Waals surface area contributed by atoms with E-state index in [1.807, 2.05) is 4.90 Å². The molecular formula is C24H31N5O4S. The number of carbonyl (C=O) groups is 2. The van der Waals surface area contributed by atoms with Crippen molar-refractivity contribution in [1.29, 1.82) is 0 Å². The van der Waals surface area contributed by atoms with E-state index in [9.17, 15) is 18.0 Å². The second-order valence-electron chi connectivity index (χ2n) is 8.99. The SMILES string of the molecule is Cc1ccc(S(=O)(=O)N2CCCCC2)cc1C(=O)Nc1ccc(N2CCCC(C(N)=O)C2)nc1. The van der Waals surface area contributed by atoms with E-state index < -0.39 is 15.9 Å². The van der Waals surface area contributed by atoms with Gasteiger partial charge in [-0.2, -0.15) is 4.31 Å². The van der Waals surface area contributed by atoms with Crippen molar-refractivity contribution in [3.63, 3.8) is 0 Å². The molecule has 3 N–H and O–H groups in total. The summed E-state index contributed by atoms with van der Waals surface area (Å²) in [6.07, 6.45) is 5.94. The maximum absolute atomic E-state index is 13.0. The number of nitrogens with one attached hydrogen (secondary N) is 1. The van der Waals surface area contributed by atoms with Gasteiger partial charge in [-0.3, -0.25) is 9.59 Å². The molecule has 0 aliphatic carbocycles. The Kier molecular flexibility index (Phi) is 7.18. The van der Waals surface area contributed by atoms with Crippen LogP contribution < -0.4 is 16.0 Å². The number of aromatic nitrogens is 1. The van der Waals surface area contributed by atoms with Crippen LogP contribution >= 0.6 is 0 Å². The fourth-order valence-electron chi connectivity index (χ4n) is 4.52. The van der Waals surface area contributed by atoms with Crippen molar-refractivity contribution in [2.24, 2.45) is 11.7 Å². The first-order valence-corrected chi connectivity index (χ1v) is 13.1. The van der Waals surface area contributed by atoms with Gasteiger partial charge in [0.05, 0.1) is 22.7 Å². The summed E-state index contributed by atoms with van der Waals surface area (Å²) in [7, 11) is -3.63. The van der Waals surface area contributed by atoms with Gasteiger partial charge in [0.15, 0.2) is 0 Å². The van der Waals surface area contributed by atoms with Crippen LogP contribution in [0.5, 0.6) is 0 Å². The number of benzene rings is 1. The molecule has 0 radical (unpaired) electrons. The molecular weight excluding hydrogens is 454 g/mol. The Morgan fingerprint density at radius 1 is 1.06 bits per heavy atom. The van der Waals surface area contributed by atoms with Gasteiger partial charge in [-0.05, 0) is 62.4 Å². The zero-order valence-corrected chi connectivity index (χ0v) is 20.2. The lowest BCUT2D eigenvalue weighted by Gasteiger charge is -2.32. The van der Waals surface area contributed by atoms with Gasteiger partial charge in [-0.15, -0.1) is 0 Å². The molecule has 4 rings (SSSR count). The van der Waals surface area contributed by atoms with E-state index in [0.717, 1.165) is 44.5 Å². The number of nitrogens with zero attached hydrogens (tertiary/aromatic N) is 3. The van der Waals surface area contributed by atoms with E-state index in [4.69, 9.17) is 5.73 Å². The number of piperidine rings is 2. The molecule has 9 nitrogen and oxygen atoms in total. The van der Waals surface area contributed by atoms with Crippen molar-refractivity contribution in [2.75, 3.05) is 36.4 Å². The van der Waals surface area contributed by atoms with Gasteiger partial charge < -0.3 is 16.0 Å². The van der Waals surface area contributed by atoms with Crippen molar-refractivity contribution in [3.8, 4) is 0 Å². The molecule has 2 fully saturated rings. The molecule has 1 aromatic heterocycles. The maximum atomic E-state index is 13.0. The van der Waals surface area contributed by atoms with Gasteiger partial charge in [0.25, 0.3) is 5.91 Å². The van der Waals surface area contributed by atoms with Crippen molar-refractivity contribution >= 4 is 33.3 Å². The second-order valence-corrected chi connectivity index (χ2v) is 10.9. The minimum Gasteiger partial charge on any atom is -0.369 e. The molecule has 0 spiro atoms. The third kappa shape index (κ3) is 5.23.